The molecular formula is C21H23BrO3. The first kappa shape index (κ1) is 19.3. The topological polar surface area (TPSA) is 35.5 Å². The number of halogens is 1. The molecule has 2 aromatic carbocycles. The van der Waals surface area contributed by atoms with E-state index in [9.17, 15) is 4.79 Å². The molecule has 0 aromatic heterocycles. The molecule has 2 aromatic rings. The Labute approximate surface area is 157 Å². The number of hydrogen-bond donors (Lipinski definition) is 0. The van der Waals surface area contributed by atoms with E-state index in [0.717, 1.165) is 11.3 Å². The van der Waals surface area contributed by atoms with Crippen LogP contribution in [0.25, 0.3) is 0 Å². The zero-order chi connectivity index (χ0) is 18.2. The Morgan fingerprint density at radius 1 is 1.16 bits per heavy atom. The maximum Gasteiger partial charge on any atom is 0.330 e. The molecule has 2 rings (SSSR count). The first-order valence-electron chi connectivity index (χ1n) is 8.28. The zero-order valence-corrected chi connectivity index (χ0v) is 16.4. The minimum Gasteiger partial charge on any atom is -0.489 e. The molecule has 132 valence electrons. The molecule has 0 saturated carbocycles. The SMILES string of the molecule is CCOC(=O)C=CC(Br)c1cccc(OCc2c(C)cccc2C)c1. The maximum atomic E-state index is 11.4. The molecule has 0 fully saturated rings. The molecule has 0 saturated heterocycles. The number of allylic oxidation sites excluding steroid dienone is 1. The lowest BCUT2D eigenvalue weighted by Crippen LogP contribution is -2.01. The van der Waals surface area contributed by atoms with Crippen LogP contribution in [0.2, 0.25) is 0 Å². The quantitative estimate of drug-likeness (QED) is 0.351. The van der Waals surface area contributed by atoms with Gasteiger partial charge in [-0.3, -0.25) is 0 Å². The number of aryl methyl sites for hydroxylation is 2. The van der Waals surface area contributed by atoms with Crippen LogP contribution in [0.3, 0.4) is 0 Å². The van der Waals surface area contributed by atoms with Gasteiger partial charge in [-0.15, -0.1) is 0 Å². The van der Waals surface area contributed by atoms with Gasteiger partial charge in [-0.05, 0) is 55.2 Å². The Hall–Kier alpha value is -2.07. The van der Waals surface area contributed by atoms with Crippen LogP contribution in [-0.4, -0.2) is 12.6 Å². The summed E-state index contributed by atoms with van der Waals surface area (Å²) in [5.41, 5.74) is 4.68. The Morgan fingerprint density at radius 2 is 1.84 bits per heavy atom. The van der Waals surface area contributed by atoms with Crippen LogP contribution < -0.4 is 4.74 Å². The second kappa shape index (κ2) is 9.42. The van der Waals surface area contributed by atoms with E-state index in [1.807, 2.05) is 24.3 Å². The number of hydrogen-bond acceptors (Lipinski definition) is 3. The smallest absolute Gasteiger partial charge is 0.330 e. The number of esters is 1. The van der Waals surface area contributed by atoms with Crippen molar-refractivity contribution >= 4 is 21.9 Å². The first-order valence-corrected chi connectivity index (χ1v) is 9.19. The summed E-state index contributed by atoms with van der Waals surface area (Å²) >= 11 is 3.57. The molecule has 1 atom stereocenters. The highest BCUT2D eigenvalue weighted by Gasteiger charge is 2.08. The van der Waals surface area contributed by atoms with Crippen molar-refractivity contribution in [1.82, 2.24) is 0 Å². The number of carbonyl (C=O) groups is 1. The van der Waals surface area contributed by atoms with Crippen molar-refractivity contribution in [3.8, 4) is 5.75 Å². The van der Waals surface area contributed by atoms with Crippen LogP contribution in [0.15, 0.2) is 54.6 Å². The predicted molar refractivity (Wildman–Crippen MR) is 104 cm³/mol. The third-order valence-corrected chi connectivity index (χ3v) is 4.73. The van der Waals surface area contributed by atoms with Crippen LogP contribution in [0.1, 0.15) is 34.0 Å². The van der Waals surface area contributed by atoms with E-state index in [2.05, 4.69) is 48.0 Å². The summed E-state index contributed by atoms with van der Waals surface area (Å²) in [5, 5.41) is 0. The van der Waals surface area contributed by atoms with Crippen molar-refractivity contribution in [3.05, 3.63) is 76.9 Å². The van der Waals surface area contributed by atoms with Crippen molar-refractivity contribution in [1.29, 1.82) is 0 Å². The fourth-order valence-electron chi connectivity index (χ4n) is 2.47. The van der Waals surface area contributed by atoms with Crippen LogP contribution in [0, 0.1) is 13.8 Å². The number of ether oxygens (including phenoxy) is 2. The minimum absolute atomic E-state index is 0.0827. The average Bonchev–Trinajstić information content (AvgIpc) is 2.60. The van der Waals surface area contributed by atoms with Crippen molar-refractivity contribution < 1.29 is 14.3 Å². The summed E-state index contributed by atoms with van der Waals surface area (Å²) in [6, 6.07) is 14.1. The molecule has 0 bridgehead atoms. The molecule has 0 aliphatic carbocycles. The Kier molecular flexibility index (Phi) is 7.26. The predicted octanol–water partition coefficient (Wildman–Crippen LogP) is 5.44. The number of carbonyl (C=O) groups excluding carboxylic acids is 1. The van der Waals surface area contributed by atoms with Gasteiger partial charge in [0, 0.05) is 6.08 Å². The van der Waals surface area contributed by atoms with Gasteiger partial charge in [-0.25, -0.2) is 4.79 Å². The van der Waals surface area contributed by atoms with E-state index in [-0.39, 0.29) is 10.8 Å². The molecule has 0 radical (unpaired) electrons. The van der Waals surface area contributed by atoms with E-state index in [0.29, 0.717) is 13.2 Å². The Balaban J connectivity index is 2.04. The molecular weight excluding hydrogens is 380 g/mol. The average molecular weight is 403 g/mol. The van der Waals surface area contributed by atoms with Crippen molar-refractivity contribution in [3.63, 3.8) is 0 Å². The monoisotopic (exact) mass is 402 g/mol. The second-order valence-corrected chi connectivity index (χ2v) is 6.73. The van der Waals surface area contributed by atoms with Crippen LogP contribution in [0.5, 0.6) is 5.75 Å². The third-order valence-electron chi connectivity index (χ3n) is 3.89. The van der Waals surface area contributed by atoms with Gasteiger partial charge >= 0.3 is 5.97 Å². The van der Waals surface area contributed by atoms with Gasteiger partial charge in [-0.2, -0.15) is 0 Å². The van der Waals surface area contributed by atoms with E-state index in [1.165, 1.54) is 22.8 Å². The highest BCUT2D eigenvalue weighted by Crippen LogP contribution is 2.28. The molecule has 0 aliphatic heterocycles. The van der Waals surface area contributed by atoms with Gasteiger partial charge in [-0.1, -0.05) is 52.3 Å². The van der Waals surface area contributed by atoms with Crippen LogP contribution in [0.4, 0.5) is 0 Å². The first-order chi connectivity index (χ1) is 12.0. The molecule has 25 heavy (non-hydrogen) atoms. The zero-order valence-electron chi connectivity index (χ0n) is 14.8. The number of alkyl halides is 1. The molecule has 0 amide bonds. The Bertz CT molecular complexity index is 732. The number of benzene rings is 2. The maximum absolute atomic E-state index is 11.4. The summed E-state index contributed by atoms with van der Waals surface area (Å²) in [6.07, 6.45) is 3.20. The van der Waals surface area contributed by atoms with Gasteiger partial charge in [0.05, 0.1) is 11.4 Å². The molecule has 0 aliphatic rings. The second-order valence-electron chi connectivity index (χ2n) is 5.74. The van der Waals surface area contributed by atoms with Crippen LogP contribution >= 0.6 is 15.9 Å². The van der Waals surface area contributed by atoms with E-state index >= 15 is 0 Å². The lowest BCUT2D eigenvalue weighted by atomic mass is 10.0. The fraction of sp³-hybridized carbons (Fsp3) is 0.286. The highest BCUT2D eigenvalue weighted by atomic mass is 79.9. The molecule has 0 spiro atoms. The van der Waals surface area contributed by atoms with Crippen LogP contribution in [-0.2, 0) is 16.1 Å². The van der Waals surface area contributed by atoms with Gasteiger partial charge in [0.1, 0.15) is 12.4 Å². The summed E-state index contributed by atoms with van der Waals surface area (Å²) in [5.74, 6) is 0.462. The van der Waals surface area contributed by atoms with E-state index in [4.69, 9.17) is 9.47 Å². The van der Waals surface area contributed by atoms with E-state index in [1.54, 1.807) is 13.0 Å². The third kappa shape index (κ3) is 5.75. The molecule has 1 unspecified atom stereocenters. The number of rotatable bonds is 7. The normalized spacial score (nSPS) is 12.2. The molecule has 3 nitrogen and oxygen atoms in total. The largest absolute Gasteiger partial charge is 0.489 e. The summed E-state index contributed by atoms with van der Waals surface area (Å²) < 4.78 is 10.9. The Morgan fingerprint density at radius 3 is 2.52 bits per heavy atom. The summed E-state index contributed by atoms with van der Waals surface area (Å²) in [6.45, 7) is 6.88. The summed E-state index contributed by atoms with van der Waals surface area (Å²) in [7, 11) is 0. The van der Waals surface area contributed by atoms with E-state index < -0.39 is 0 Å². The van der Waals surface area contributed by atoms with Gasteiger partial charge in [0.25, 0.3) is 0 Å². The highest BCUT2D eigenvalue weighted by molar-refractivity contribution is 9.09. The fourth-order valence-corrected chi connectivity index (χ4v) is 2.91. The van der Waals surface area contributed by atoms with Gasteiger partial charge in [0.2, 0.25) is 0 Å². The molecule has 4 heteroatoms. The van der Waals surface area contributed by atoms with Crippen molar-refractivity contribution in [2.24, 2.45) is 0 Å². The summed E-state index contributed by atoms with van der Waals surface area (Å²) in [4.78, 5) is 11.3. The minimum atomic E-state index is -0.339. The molecule has 0 heterocycles. The molecule has 0 N–H and O–H groups in total. The van der Waals surface area contributed by atoms with Gasteiger partial charge in [0.15, 0.2) is 0 Å². The lowest BCUT2D eigenvalue weighted by Gasteiger charge is -2.13. The van der Waals surface area contributed by atoms with Gasteiger partial charge < -0.3 is 9.47 Å². The van der Waals surface area contributed by atoms with Crippen molar-refractivity contribution in [2.45, 2.75) is 32.2 Å². The standard InChI is InChI=1S/C21H23BrO3/c1-4-24-21(23)12-11-20(22)17-9-6-10-18(13-17)25-14-19-15(2)7-5-8-16(19)3/h5-13,20H,4,14H2,1-3H3. The van der Waals surface area contributed by atoms with Crippen molar-refractivity contribution in [2.75, 3.05) is 6.61 Å². The lowest BCUT2D eigenvalue weighted by molar-refractivity contribution is -0.137.